The third-order valence-corrected chi connectivity index (χ3v) is 6.04. The normalized spacial score (nSPS) is 14.5. The molecule has 31 heavy (non-hydrogen) atoms. The van der Waals surface area contributed by atoms with Crippen LogP contribution in [-0.4, -0.2) is 37.0 Å². The van der Waals surface area contributed by atoms with Crippen LogP contribution in [0.25, 0.3) is 0 Å². The Morgan fingerprint density at radius 1 is 0.903 bits per heavy atom. The zero-order valence-electron chi connectivity index (χ0n) is 17.9. The third-order valence-electron chi connectivity index (χ3n) is 5.72. The first-order valence-corrected chi connectivity index (χ1v) is 11.1. The summed E-state index contributed by atoms with van der Waals surface area (Å²) < 4.78 is 0. The van der Waals surface area contributed by atoms with Gasteiger partial charge < -0.3 is 10.2 Å². The fourth-order valence-corrected chi connectivity index (χ4v) is 4.24. The summed E-state index contributed by atoms with van der Waals surface area (Å²) in [6.45, 7) is 7.39. The molecule has 1 fully saturated rings. The minimum atomic E-state index is -0.0404. The third kappa shape index (κ3) is 5.66. The summed E-state index contributed by atoms with van der Waals surface area (Å²) in [7, 11) is 0. The van der Waals surface area contributed by atoms with Crippen molar-refractivity contribution in [3.05, 3.63) is 100 Å². The molecular formula is C26H28ClN3O. The Bertz CT molecular complexity index is 1030. The predicted molar refractivity (Wildman–Crippen MR) is 128 cm³/mol. The van der Waals surface area contributed by atoms with Gasteiger partial charge in [0, 0.05) is 44.8 Å². The second-order valence-electron chi connectivity index (χ2n) is 8.08. The summed E-state index contributed by atoms with van der Waals surface area (Å²) in [6, 6.07) is 24.2. The molecule has 0 unspecified atom stereocenters. The molecule has 0 spiro atoms. The lowest BCUT2D eigenvalue weighted by Crippen LogP contribution is -2.46. The van der Waals surface area contributed by atoms with Gasteiger partial charge in [0.2, 0.25) is 0 Å². The molecule has 4 rings (SSSR count). The number of hydrogen-bond acceptors (Lipinski definition) is 3. The van der Waals surface area contributed by atoms with E-state index in [2.05, 4.69) is 52.4 Å². The second-order valence-corrected chi connectivity index (χ2v) is 8.49. The zero-order chi connectivity index (χ0) is 21.6. The Morgan fingerprint density at radius 3 is 2.35 bits per heavy atom. The van der Waals surface area contributed by atoms with Crippen LogP contribution < -0.4 is 10.2 Å². The van der Waals surface area contributed by atoms with E-state index in [0.29, 0.717) is 12.1 Å². The van der Waals surface area contributed by atoms with Gasteiger partial charge in [0.25, 0.3) is 5.91 Å². The van der Waals surface area contributed by atoms with E-state index in [1.807, 2.05) is 42.5 Å². The molecule has 0 saturated carbocycles. The van der Waals surface area contributed by atoms with E-state index in [1.165, 1.54) is 11.1 Å². The van der Waals surface area contributed by atoms with Crippen molar-refractivity contribution in [1.29, 1.82) is 0 Å². The monoisotopic (exact) mass is 433 g/mol. The highest BCUT2D eigenvalue weighted by Gasteiger charge is 2.19. The van der Waals surface area contributed by atoms with Crippen molar-refractivity contribution in [3.8, 4) is 0 Å². The first-order chi connectivity index (χ1) is 15.1. The van der Waals surface area contributed by atoms with Crippen molar-refractivity contribution < 1.29 is 4.79 Å². The lowest BCUT2D eigenvalue weighted by molar-refractivity contribution is 0.0951. The molecule has 0 radical (unpaired) electrons. The van der Waals surface area contributed by atoms with Crippen LogP contribution >= 0.6 is 11.6 Å². The summed E-state index contributed by atoms with van der Waals surface area (Å²) >= 11 is 6.34. The maximum Gasteiger partial charge on any atom is 0.251 e. The largest absolute Gasteiger partial charge is 0.368 e. The van der Waals surface area contributed by atoms with Crippen LogP contribution in [0.5, 0.6) is 0 Å². The van der Waals surface area contributed by atoms with Crippen molar-refractivity contribution >= 4 is 23.2 Å². The van der Waals surface area contributed by atoms with Crippen LogP contribution in [0.4, 0.5) is 5.69 Å². The Balaban J connectivity index is 1.27. The smallest absolute Gasteiger partial charge is 0.251 e. The van der Waals surface area contributed by atoms with Gasteiger partial charge >= 0.3 is 0 Å². The van der Waals surface area contributed by atoms with E-state index in [9.17, 15) is 4.79 Å². The van der Waals surface area contributed by atoms with Crippen molar-refractivity contribution in [2.24, 2.45) is 0 Å². The van der Waals surface area contributed by atoms with Crippen LogP contribution in [0, 0.1) is 6.92 Å². The average Bonchev–Trinajstić information content (AvgIpc) is 2.79. The van der Waals surface area contributed by atoms with E-state index in [4.69, 9.17) is 11.6 Å². The number of para-hydroxylation sites is 1. The molecule has 0 aromatic heterocycles. The van der Waals surface area contributed by atoms with Gasteiger partial charge in [0.1, 0.15) is 0 Å². The van der Waals surface area contributed by atoms with Gasteiger partial charge in [-0.25, -0.2) is 0 Å². The Labute approximate surface area is 189 Å². The molecule has 3 aromatic carbocycles. The minimum absolute atomic E-state index is 0.0404. The molecule has 1 saturated heterocycles. The summed E-state index contributed by atoms with van der Waals surface area (Å²) in [6.07, 6.45) is 0. The number of aryl methyl sites for hydroxylation is 1. The van der Waals surface area contributed by atoms with Gasteiger partial charge in [-0.1, -0.05) is 65.7 Å². The van der Waals surface area contributed by atoms with Gasteiger partial charge in [-0.05, 0) is 42.3 Å². The van der Waals surface area contributed by atoms with Gasteiger partial charge in [-0.2, -0.15) is 0 Å². The molecule has 1 N–H and O–H groups in total. The van der Waals surface area contributed by atoms with Crippen molar-refractivity contribution in [2.75, 3.05) is 31.1 Å². The molecular weight excluding hydrogens is 406 g/mol. The number of halogens is 1. The van der Waals surface area contributed by atoms with Crippen LogP contribution in [-0.2, 0) is 13.1 Å². The summed E-state index contributed by atoms with van der Waals surface area (Å²) in [5.74, 6) is -0.0404. The molecule has 5 heteroatoms. The number of piperazine rings is 1. The van der Waals surface area contributed by atoms with E-state index in [1.54, 1.807) is 0 Å². The van der Waals surface area contributed by atoms with Crippen molar-refractivity contribution in [1.82, 2.24) is 10.2 Å². The summed E-state index contributed by atoms with van der Waals surface area (Å²) in [4.78, 5) is 17.3. The molecule has 0 atom stereocenters. The fourth-order valence-electron chi connectivity index (χ4n) is 3.98. The number of rotatable bonds is 6. The first-order valence-electron chi connectivity index (χ1n) is 10.7. The predicted octanol–water partition coefficient (Wildman–Crippen LogP) is 4.90. The Morgan fingerprint density at radius 2 is 1.65 bits per heavy atom. The standard InChI is InChI=1S/C26H28ClN3O/c1-20-5-4-6-22(17-20)18-28-26(31)23-11-9-21(10-12-23)19-29-13-15-30(16-14-29)25-8-3-2-7-24(25)27/h2-12,17H,13-16,18-19H2,1H3,(H,28,31). The second kappa shape index (κ2) is 9.99. The van der Waals surface area contributed by atoms with Crippen molar-refractivity contribution in [2.45, 2.75) is 20.0 Å². The van der Waals surface area contributed by atoms with Crippen molar-refractivity contribution in [3.63, 3.8) is 0 Å². The lowest BCUT2D eigenvalue weighted by atomic mass is 10.1. The van der Waals surface area contributed by atoms with Gasteiger partial charge in [-0.3, -0.25) is 9.69 Å². The number of nitrogens with zero attached hydrogens (tertiary/aromatic N) is 2. The number of anilines is 1. The Kier molecular flexibility index (Phi) is 6.90. The lowest BCUT2D eigenvalue weighted by Gasteiger charge is -2.36. The highest BCUT2D eigenvalue weighted by atomic mass is 35.5. The van der Waals surface area contributed by atoms with E-state index in [0.717, 1.165) is 49.0 Å². The van der Waals surface area contributed by atoms with Gasteiger partial charge in [0.05, 0.1) is 10.7 Å². The zero-order valence-corrected chi connectivity index (χ0v) is 18.6. The highest BCUT2D eigenvalue weighted by molar-refractivity contribution is 6.33. The number of carbonyl (C=O) groups excluding carboxylic acids is 1. The minimum Gasteiger partial charge on any atom is -0.368 e. The molecule has 0 bridgehead atoms. The summed E-state index contributed by atoms with van der Waals surface area (Å²) in [5.41, 5.74) is 5.34. The molecule has 160 valence electrons. The van der Waals surface area contributed by atoms with Crippen LogP contribution in [0.2, 0.25) is 5.02 Å². The maximum atomic E-state index is 12.5. The number of benzene rings is 3. The SMILES string of the molecule is Cc1cccc(CNC(=O)c2ccc(CN3CCN(c4ccccc4Cl)CC3)cc2)c1. The highest BCUT2D eigenvalue weighted by Crippen LogP contribution is 2.26. The topological polar surface area (TPSA) is 35.6 Å². The van der Waals surface area contributed by atoms with Crippen LogP contribution in [0.15, 0.2) is 72.8 Å². The van der Waals surface area contributed by atoms with E-state index in [-0.39, 0.29) is 5.91 Å². The quantitative estimate of drug-likeness (QED) is 0.600. The molecule has 4 nitrogen and oxygen atoms in total. The van der Waals surface area contributed by atoms with Crippen LogP contribution in [0.3, 0.4) is 0 Å². The number of hydrogen-bond donors (Lipinski definition) is 1. The van der Waals surface area contributed by atoms with Crippen LogP contribution in [0.1, 0.15) is 27.0 Å². The number of carbonyl (C=O) groups is 1. The molecule has 1 amide bonds. The van der Waals surface area contributed by atoms with E-state index >= 15 is 0 Å². The molecule has 1 heterocycles. The molecule has 1 aliphatic rings. The molecule has 1 aliphatic heterocycles. The van der Waals surface area contributed by atoms with E-state index < -0.39 is 0 Å². The first kappa shape index (κ1) is 21.4. The number of nitrogens with one attached hydrogen (secondary N) is 1. The maximum absolute atomic E-state index is 12.5. The average molecular weight is 434 g/mol. The fraction of sp³-hybridized carbons (Fsp3) is 0.269. The molecule has 0 aliphatic carbocycles. The van der Waals surface area contributed by atoms with Gasteiger partial charge in [0.15, 0.2) is 0 Å². The number of amides is 1. The molecule has 3 aromatic rings. The Hall–Kier alpha value is -2.82. The summed E-state index contributed by atoms with van der Waals surface area (Å²) in [5, 5.41) is 3.81. The van der Waals surface area contributed by atoms with Gasteiger partial charge in [-0.15, -0.1) is 0 Å².